The number of carbonyl (C=O) groups is 8. The summed E-state index contributed by atoms with van der Waals surface area (Å²) >= 11 is 0. The summed E-state index contributed by atoms with van der Waals surface area (Å²) < 4.78 is 76.5. The van der Waals surface area contributed by atoms with Gasteiger partial charge in [0.15, 0.2) is 18.5 Å². The minimum atomic E-state index is -0.786. The molecule has 0 bridgehead atoms. The summed E-state index contributed by atoms with van der Waals surface area (Å²) in [4.78, 5) is 92.7. The monoisotopic (exact) mass is 1430 g/mol. The van der Waals surface area contributed by atoms with Crippen LogP contribution in [0.25, 0.3) is 0 Å². The van der Waals surface area contributed by atoms with Crippen molar-refractivity contribution in [2.75, 3.05) is 46.2 Å². The van der Waals surface area contributed by atoms with Crippen molar-refractivity contribution in [3.63, 3.8) is 0 Å². The Labute approximate surface area is 598 Å². The van der Waals surface area contributed by atoms with Gasteiger partial charge in [0.1, 0.15) is 45.7 Å². The van der Waals surface area contributed by atoms with Gasteiger partial charge in [-0.25, -0.2) is 4.99 Å². The molecule has 9 unspecified atom stereocenters. The molecule has 4 fully saturated rings. The van der Waals surface area contributed by atoms with E-state index < -0.39 is 12.3 Å². The minimum Gasteiger partial charge on any atom is -0.481 e. The molecule has 572 valence electrons. The normalized spacial score (nSPS) is 29.2. The van der Waals surface area contributed by atoms with E-state index in [1.54, 1.807) is 0 Å². The van der Waals surface area contributed by atoms with Crippen LogP contribution in [0.3, 0.4) is 0 Å². The summed E-state index contributed by atoms with van der Waals surface area (Å²) in [6.45, 7) is 34.6. The number of fused-ring (bicyclic) bond motifs is 1. The van der Waals surface area contributed by atoms with Gasteiger partial charge < -0.3 is 76.5 Å². The van der Waals surface area contributed by atoms with Crippen LogP contribution < -0.4 is 0 Å². The minimum absolute atomic E-state index is 0.0681. The van der Waals surface area contributed by atoms with E-state index in [0.29, 0.717) is 101 Å². The second-order valence-electron chi connectivity index (χ2n) is 27.2. The smallest absolute Gasteiger partial charge is 0.306 e. The molecule has 20 atom stereocenters. The van der Waals surface area contributed by atoms with Gasteiger partial charge in [0.2, 0.25) is 12.6 Å². The molecule has 0 radical (unpaired) electrons. The molecule has 0 amide bonds. The molecule has 2 N–H and O–H groups in total. The van der Waals surface area contributed by atoms with Crippen molar-refractivity contribution in [1.29, 1.82) is 0 Å². The first-order chi connectivity index (χ1) is 47.8. The molecule has 25 heteroatoms. The van der Waals surface area contributed by atoms with Gasteiger partial charge in [0.25, 0.3) is 0 Å². The number of aliphatic hydroxyl groups is 1. The zero-order chi connectivity index (χ0) is 75.3. The SMILES string of the molecule is CC(=O)OCC1OC2OC(C)=NC2[C@@H](C)[C@H]1C.CC(=O)OCC1O[C@@H](OC(C)=O)C(C)[C@@H](C)[C@H]1C.CC(=O)OCC1O[C@@H](OCCCCC(=O)O)C(C)[C@@H](C)[C@H]1C.CC(=O)OCC1O[C@@H](OCCCCC(=O)OCc2ccccc2)C(C)[C@@H](C)[C@H]1C.O=C(CCCCO)OCc1ccccc1. The Bertz CT molecular complexity index is 2790. The van der Waals surface area contributed by atoms with Crippen LogP contribution in [-0.2, 0) is 118 Å². The Morgan fingerprint density at radius 3 is 1.12 bits per heavy atom. The highest BCUT2D eigenvalue weighted by atomic mass is 16.7. The number of carbonyl (C=O) groups excluding carboxylic acids is 7. The maximum Gasteiger partial charge on any atom is 0.306 e. The fraction of sp³-hybridized carbons (Fsp3) is 0.724. The molecule has 0 saturated carbocycles. The quantitative estimate of drug-likeness (QED) is 0.0434. The van der Waals surface area contributed by atoms with Gasteiger partial charge >= 0.3 is 47.8 Å². The van der Waals surface area contributed by atoms with Crippen LogP contribution in [0, 0.1) is 65.1 Å². The molecule has 2 aromatic rings. The number of aliphatic imine (C=N–C) groups is 1. The molecule has 4 saturated heterocycles. The third kappa shape index (κ3) is 33.6. The van der Waals surface area contributed by atoms with Crippen molar-refractivity contribution in [2.24, 2.45) is 70.1 Å². The zero-order valence-corrected chi connectivity index (χ0v) is 62.9. The number of aliphatic carboxylic acids is 1. The van der Waals surface area contributed by atoms with Crippen molar-refractivity contribution in [2.45, 2.75) is 244 Å². The van der Waals surface area contributed by atoms with Crippen molar-refractivity contribution in [3.05, 3.63) is 71.8 Å². The van der Waals surface area contributed by atoms with Gasteiger partial charge in [-0.15, -0.1) is 0 Å². The Morgan fingerprint density at radius 2 is 0.752 bits per heavy atom. The summed E-state index contributed by atoms with van der Waals surface area (Å²) in [5, 5.41) is 17.1. The molecule has 5 aliphatic rings. The van der Waals surface area contributed by atoms with Crippen LogP contribution in [0.4, 0.5) is 0 Å². The zero-order valence-electron chi connectivity index (χ0n) is 62.9. The number of unbranched alkanes of at least 4 members (excludes halogenated alkanes) is 3. The van der Waals surface area contributed by atoms with E-state index >= 15 is 0 Å². The summed E-state index contributed by atoms with van der Waals surface area (Å²) in [5.74, 6) is 1.05. The van der Waals surface area contributed by atoms with Crippen LogP contribution >= 0.6 is 0 Å². The van der Waals surface area contributed by atoms with E-state index in [4.69, 9.17) is 76.5 Å². The first-order valence-electron chi connectivity index (χ1n) is 35.8. The Balaban J connectivity index is 0.000000335. The predicted molar refractivity (Wildman–Crippen MR) is 372 cm³/mol. The maximum absolute atomic E-state index is 11.9. The topological polar surface area (TPSA) is 319 Å². The van der Waals surface area contributed by atoms with E-state index in [1.807, 2.05) is 74.5 Å². The molecular formula is C76H119NO24. The molecule has 0 aromatic heterocycles. The lowest BCUT2D eigenvalue weighted by molar-refractivity contribution is -0.255. The molecule has 5 heterocycles. The van der Waals surface area contributed by atoms with E-state index in [1.165, 1.54) is 34.6 Å². The number of carboxylic acids is 1. The molecule has 2 aromatic carbocycles. The lowest BCUT2D eigenvalue weighted by atomic mass is 9.79. The highest BCUT2D eigenvalue weighted by Crippen LogP contribution is 2.39. The third-order valence-electron chi connectivity index (χ3n) is 19.6. The van der Waals surface area contributed by atoms with Gasteiger partial charge in [-0.1, -0.05) is 137 Å². The van der Waals surface area contributed by atoms with Gasteiger partial charge in [-0.2, -0.15) is 0 Å². The fourth-order valence-electron chi connectivity index (χ4n) is 11.8. The van der Waals surface area contributed by atoms with Crippen LogP contribution in [0.15, 0.2) is 65.7 Å². The average molecular weight is 1430 g/mol. The molecule has 5 aliphatic heterocycles. The molecule has 7 rings (SSSR count). The van der Waals surface area contributed by atoms with Gasteiger partial charge in [-0.05, 0) is 97.0 Å². The number of hydrogen-bond acceptors (Lipinski definition) is 24. The Hall–Kier alpha value is -6.61. The van der Waals surface area contributed by atoms with Crippen LogP contribution in [0.1, 0.15) is 187 Å². The van der Waals surface area contributed by atoms with Crippen LogP contribution in [0.2, 0.25) is 0 Å². The summed E-state index contributed by atoms with van der Waals surface area (Å²) in [6, 6.07) is 19.3. The van der Waals surface area contributed by atoms with Crippen molar-refractivity contribution < 1.29 is 115 Å². The second-order valence-corrected chi connectivity index (χ2v) is 27.2. The number of hydrogen-bond donors (Lipinski definition) is 2. The van der Waals surface area contributed by atoms with E-state index in [0.717, 1.165) is 17.5 Å². The van der Waals surface area contributed by atoms with Gasteiger partial charge in [0, 0.05) is 98.4 Å². The van der Waals surface area contributed by atoms with Crippen LogP contribution in [-0.4, -0.2) is 166 Å². The van der Waals surface area contributed by atoms with E-state index in [-0.39, 0.29) is 172 Å². The highest BCUT2D eigenvalue weighted by Gasteiger charge is 2.47. The second kappa shape index (κ2) is 47.6. The van der Waals surface area contributed by atoms with E-state index in [9.17, 15) is 38.4 Å². The summed E-state index contributed by atoms with van der Waals surface area (Å²) in [6.07, 6.45) is 2.78. The molecule has 101 heavy (non-hydrogen) atoms. The summed E-state index contributed by atoms with van der Waals surface area (Å²) in [5.41, 5.74) is 1.98. The van der Waals surface area contributed by atoms with Gasteiger partial charge in [0.05, 0.1) is 24.4 Å². The number of rotatable bonds is 29. The standard InChI is InChI=1S/C23H34O6.C16H28O6.C13H22O5.C12H19NO4.C12H16O3/c1-16-17(2)21(15-27-19(4)24)29-23(18(16)3)26-13-9-8-12-22(25)28-14-20-10-6-5-7-11-20;1-10-11(2)14(9-21-13(4)17)22-16(12(10)3)20-8-6-5-7-15(18)19;1-7-8(2)12(6-16-10(4)14)18-13(9(7)3)17-11(5)15;1-6-7(2)11-12(16-8(3)13-11)17-10(6)5-15-9(4)14;13-9-5-4-8-12(14)15-10-11-6-2-1-3-7-11/h5-7,10-11,16-18,21,23H,8-9,12-15H2,1-4H3;10-12,14,16H,5-9H2,1-4H3,(H,18,19);7-9,12-13H,6H2,1-5H3;6-7,10-12H,5H2,1-4H3;1-3,6-7,13H,4-5,8-10H2/t16-,17+,18?,21?,23+;10-,11+,12?,14?,16+;7-,8+,9?,12?,13+;6-,7+,10?,11?,12?;/m0001./s1. The van der Waals surface area contributed by atoms with Crippen molar-refractivity contribution in [1.82, 2.24) is 0 Å². The highest BCUT2D eigenvalue weighted by molar-refractivity contribution is 5.75. The van der Waals surface area contributed by atoms with Crippen molar-refractivity contribution in [3.8, 4) is 0 Å². The lowest BCUT2D eigenvalue weighted by Crippen LogP contribution is -2.49. The van der Waals surface area contributed by atoms with Crippen molar-refractivity contribution >= 4 is 53.7 Å². The first-order valence-corrected chi connectivity index (χ1v) is 35.8. The predicted octanol–water partition coefficient (Wildman–Crippen LogP) is 11.6. The molecule has 0 spiro atoms. The number of ether oxygens (including phenoxy) is 14. The molecular weight excluding hydrogens is 1310 g/mol. The fourth-order valence-corrected chi connectivity index (χ4v) is 11.8. The molecule has 25 nitrogen and oxygen atoms in total. The maximum atomic E-state index is 11.9. The van der Waals surface area contributed by atoms with Gasteiger partial charge in [-0.3, -0.25) is 38.4 Å². The Kier molecular flexibility index (Phi) is 41.8. The van der Waals surface area contributed by atoms with E-state index in [2.05, 4.69) is 74.2 Å². The molecule has 0 aliphatic carbocycles. The number of nitrogens with zero attached hydrogens (tertiary/aromatic N) is 1. The lowest BCUT2D eigenvalue weighted by Gasteiger charge is -2.43. The largest absolute Gasteiger partial charge is 0.481 e. The average Bonchev–Trinajstić information content (AvgIpc) is 1.75. The number of aliphatic hydroxyl groups excluding tert-OH is 1. The first kappa shape index (κ1) is 88.6. The summed E-state index contributed by atoms with van der Waals surface area (Å²) in [7, 11) is 0. The number of carboxylic acid groups (broad SMARTS) is 1. The van der Waals surface area contributed by atoms with Crippen LogP contribution in [0.5, 0.6) is 0 Å². The Morgan fingerprint density at radius 1 is 0.406 bits per heavy atom. The third-order valence-corrected chi connectivity index (χ3v) is 19.6. The number of esters is 7. The number of benzene rings is 2.